The van der Waals surface area contributed by atoms with Gasteiger partial charge >= 0.3 is 0 Å². The Hall–Kier alpha value is -0.940. The molecule has 0 atom stereocenters. The van der Waals surface area contributed by atoms with Crippen molar-refractivity contribution in [3.05, 3.63) is 11.4 Å². The largest absolute Gasteiger partial charge is 0.330 e. The summed E-state index contributed by atoms with van der Waals surface area (Å²) < 4.78 is 2.01. The maximum atomic E-state index is 5.58. The Kier molecular flexibility index (Phi) is 4.89. The van der Waals surface area contributed by atoms with Crippen LogP contribution in [0.15, 0.2) is 0 Å². The lowest BCUT2D eigenvalue weighted by Crippen LogP contribution is -2.21. The van der Waals surface area contributed by atoms with E-state index in [1.807, 2.05) is 4.68 Å². The average Bonchev–Trinajstić information content (AvgIpc) is 2.58. The Morgan fingerprint density at radius 3 is 2.56 bits per heavy atom. The van der Waals surface area contributed by atoms with Crippen LogP contribution in [0.5, 0.6) is 0 Å². The standard InChI is InChI=1S/C11H23N5/c1-9(2)11-10(5-6-12)13-14-16(11)8-7-15(3)4/h9H,5-8,12H2,1-4H3. The maximum Gasteiger partial charge on any atom is 0.0874 e. The Labute approximate surface area is 97.6 Å². The first kappa shape index (κ1) is 13.1. The fourth-order valence-electron chi connectivity index (χ4n) is 1.76. The van der Waals surface area contributed by atoms with E-state index >= 15 is 0 Å². The zero-order chi connectivity index (χ0) is 12.1. The van der Waals surface area contributed by atoms with Crippen LogP contribution in [0.4, 0.5) is 0 Å². The van der Waals surface area contributed by atoms with Gasteiger partial charge in [-0.2, -0.15) is 0 Å². The van der Waals surface area contributed by atoms with Crippen LogP contribution in [-0.2, 0) is 13.0 Å². The second-order valence-corrected chi connectivity index (χ2v) is 4.64. The molecule has 1 rings (SSSR count). The monoisotopic (exact) mass is 225 g/mol. The number of aromatic nitrogens is 3. The molecule has 0 aliphatic heterocycles. The molecule has 0 aliphatic rings. The van der Waals surface area contributed by atoms with Gasteiger partial charge in [0.05, 0.1) is 17.9 Å². The van der Waals surface area contributed by atoms with Crippen molar-refractivity contribution in [1.29, 1.82) is 0 Å². The van der Waals surface area contributed by atoms with Crippen molar-refractivity contribution in [2.45, 2.75) is 32.7 Å². The summed E-state index contributed by atoms with van der Waals surface area (Å²) in [6.45, 7) is 6.84. The molecule has 0 saturated heterocycles. The summed E-state index contributed by atoms with van der Waals surface area (Å²) in [7, 11) is 4.12. The molecule has 92 valence electrons. The lowest BCUT2D eigenvalue weighted by molar-refractivity contribution is 0.365. The normalized spacial score (nSPS) is 11.7. The summed E-state index contributed by atoms with van der Waals surface area (Å²) in [5.74, 6) is 0.443. The number of rotatable bonds is 6. The predicted octanol–water partition coefficient (Wildman–Crippen LogP) is 0.464. The topological polar surface area (TPSA) is 60.0 Å². The first-order valence-electron chi connectivity index (χ1n) is 5.83. The third-order valence-corrected chi connectivity index (χ3v) is 2.53. The van der Waals surface area contributed by atoms with Crippen LogP contribution in [0.25, 0.3) is 0 Å². The zero-order valence-electron chi connectivity index (χ0n) is 10.8. The van der Waals surface area contributed by atoms with Gasteiger partial charge in [0.15, 0.2) is 0 Å². The molecule has 2 N–H and O–H groups in total. The second-order valence-electron chi connectivity index (χ2n) is 4.64. The smallest absolute Gasteiger partial charge is 0.0874 e. The molecule has 1 aromatic heterocycles. The van der Waals surface area contributed by atoms with Gasteiger partial charge in [-0.3, -0.25) is 0 Å². The Morgan fingerprint density at radius 2 is 2.06 bits per heavy atom. The summed E-state index contributed by atoms with van der Waals surface area (Å²) >= 11 is 0. The SMILES string of the molecule is CC(C)c1c(CCN)nnn1CCN(C)C. The minimum Gasteiger partial charge on any atom is -0.330 e. The number of nitrogens with two attached hydrogens (primary N) is 1. The molecule has 5 heteroatoms. The zero-order valence-corrected chi connectivity index (χ0v) is 10.8. The summed E-state index contributed by atoms with van der Waals surface area (Å²) in [6.07, 6.45) is 0.815. The van der Waals surface area contributed by atoms with Crippen molar-refractivity contribution in [3.63, 3.8) is 0 Å². The lowest BCUT2D eigenvalue weighted by Gasteiger charge is -2.13. The van der Waals surface area contributed by atoms with Crippen LogP contribution >= 0.6 is 0 Å². The van der Waals surface area contributed by atoms with E-state index in [0.717, 1.165) is 25.2 Å². The van der Waals surface area contributed by atoms with E-state index in [9.17, 15) is 0 Å². The highest BCUT2D eigenvalue weighted by molar-refractivity contribution is 5.14. The van der Waals surface area contributed by atoms with Crippen molar-refractivity contribution in [2.75, 3.05) is 27.2 Å². The number of nitrogens with zero attached hydrogens (tertiary/aromatic N) is 4. The van der Waals surface area contributed by atoms with Crippen LogP contribution < -0.4 is 5.73 Å². The van der Waals surface area contributed by atoms with Crippen molar-refractivity contribution >= 4 is 0 Å². The number of hydrogen-bond donors (Lipinski definition) is 1. The molecule has 1 heterocycles. The lowest BCUT2D eigenvalue weighted by atomic mass is 10.1. The molecule has 0 unspecified atom stereocenters. The van der Waals surface area contributed by atoms with Crippen LogP contribution in [-0.4, -0.2) is 47.1 Å². The van der Waals surface area contributed by atoms with Gasteiger partial charge in [-0.05, 0) is 26.6 Å². The van der Waals surface area contributed by atoms with Gasteiger partial charge in [0.2, 0.25) is 0 Å². The maximum absolute atomic E-state index is 5.58. The van der Waals surface area contributed by atoms with E-state index in [2.05, 4.69) is 43.2 Å². The molecule has 16 heavy (non-hydrogen) atoms. The van der Waals surface area contributed by atoms with Gasteiger partial charge in [0, 0.05) is 13.0 Å². The summed E-state index contributed by atoms with van der Waals surface area (Å²) in [6, 6.07) is 0. The third kappa shape index (κ3) is 3.28. The van der Waals surface area contributed by atoms with Gasteiger partial charge in [-0.1, -0.05) is 19.1 Å². The van der Waals surface area contributed by atoms with Gasteiger partial charge in [-0.25, -0.2) is 4.68 Å². The molecule has 0 amide bonds. The molecule has 0 saturated carbocycles. The van der Waals surface area contributed by atoms with Gasteiger partial charge in [-0.15, -0.1) is 5.10 Å². The first-order chi connectivity index (χ1) is 7.56. The van der Waals surface area contributed by atoms with E-state index in [0.29, 0.717) is 12.5 Å². The van der Waals surface area contributed by atoms with E-state index < -0.39 is 0 Å². The van der Waals surface area contributed by atoms with E-state index in [1.54, 1.807) is 0 Å². The quantitative estimate of drug-likeness (QED) is 0.764. The molecular formula is C11H23N5. The second kappa shape index (κ2) is 5.96. The van der Waals surface area contributed by atoms with Crippen LogP contribution in [0, 0.1) is 0 Å². The van der Waals surface area contributed by atoms with Gasteiger partial charge in [0.1, 0.15) is 0 Å². The van der Waals surface area contributed by atoms with E-state index in [1.165, 1.54) is 5.69 Å². The number of hydrogen-bond acceptors (Lipinski definition) is 4. The summed E-state index contributed by atoms with van der Waals surface area (Å²) in [5.41, 5.74) is 7.86. The Balaban J connectivity index is 2.82. The minimum atomic E-state index is 0.443. The molecule has 0 fully saturated rings. The highest BCUT2D eigenvalue weighted by Gasteiger charge is 2.15. The molecule has 0 radical (unpaired) electrons. The molecule has 1 aromatic rings. The van der Waals surface area contributed by atoms with Crippen molar-refractivity contribution in [2.24, 2.45) is 5.73 Å². The Morgan fingerprint density at radius 1 is 1.38 bits per heavy atom. The highest BCUT2D eigenvalue weighted by atomic mass is 15.4. The highest BCUT2D eigenvalue weighted by Crippen LogP contribution is 2.17. The van der Waals surface area contributed by atoms with Crippen LogP contribution in [0.3, 0.4) is 0 Å². The summed E-state index contributed by atoms with van der Waals surface area (Å²) in [4.78, 5) is 2.15. The van der Waals surface area contributed by atoms with Crippen molar-refractivity contribution in [1.82, 2.24) is 19.9 Å². The van der Waals surface area contributed by atoms with Crippen molar-refractivity contribution in [3.8, 4) is 0 Å². The van der Waals surface area contributed by atoms with E-state index in [-0.39, 0.29) is 0 Å². The summed E-state index contributed by atoms with van der Waals surface area (Å²) in [5, 5.41) is 8.43. The van der Waals surface area contributed by atoms with Crippen LogP contribution in [0.2, 0.25) is 0 Å². The fraction of sp³-hybridized carbons (Fsp3) is 0.818. The first-order valence-corrected chi connectivity index (χ1v) is 5.83. The van der Waals surface area contributed by atoms with Crippen LogP contribution in [0.1, 0.15) is 31.2 Å². The van der Waals surface area contributed by atoms with Crippen molar-refractivity contribution < 1.29 is 0 Å². The molecule has 0 bridgehead atoms. The van der Waals surface area contributed by atoms with Gasteiger partial charge < -0.3 is 10.6 Å². The third-order valence-electron chi connectivity index (χ3n) is 2.53. The number of likely N-dealkylation sites (N-methyl/N-ethyl adjacent to an activating group) is 1. The van der Waals surface area contributed by atoms with E-state index in [4.69, 9.17) is 5.73 Å². The predicted molar refractivity (Wildman–Crippen MR) is 65.4 cm³/mol. The van der Waals surface area contributed by atoms with Gasteiger partial charge in [0.25, 0.3) is 0 Å². The fourth-order valence-corrected chi connectivity index (χ4v) is 1.76. The molecule has 0 aliphatic carbocycles. The molecular weight excluding hydrogens is 202 g/mol. The average molecular weight is 225 g/mol. The molecule has 0 spiro atoms. The molecule has 0 aromatic carbocycles. The Bertz CT molecular complexity index is 316. The molecule has 5 nitrogen and oxygen atoms in total. The minimum absolute atomic E-state index is 0.443.